The summed E-state index contributed by atoms with van der Waals surface area (Å²) in [6, 6.07) is 11.4. The van der Waals surface area contributed by atoms with Crippen LogP contribution >= 0.6 is 0 Å². The Balaban J connectivity index is 2.21. The zero-order chi connectivity index (χ0) is 15.5. The Morgan fingerprint density at radius 3 is 2.43 bits per heavy atom. The van der Waals surface area contributed by atoms with E-state index in [0.29, 0.717) is 5.75 Å². The molecule has 4 nitrogen and oxygen atoms in total. The summed E-state index contributed by atoms with van der Waals surface area (Å²) in [6.07, 6.45) is 0. The highest BCUT2D eigenvalue weighted by Crippen LogP contribution is 2.21. The van der Waals surface area contributed by atoms with Gasteiger partial charge < -0.3 is 4.74 Å². The van der Waals surface area contributed by atoms with E-state index in [0.717, 1.165) is 17.7 Å². The van der Waals surface area contributed by atoms with Crippen LogP contribution in [0.3, 0.4) is 0 Å². The fourth-order valence-electron chi connectivity index (χ4n) is 1.89. The molecule has 2 aromatic carbocycles. The number of hydrogen-bond donors (Lipinski definition) is 1. The third kappa shape index (κ3) is 3.80. The number of rotatable bonds is 5. The first-order valence-electron chi connectivity index (χ1n) is 6.34. The molecule has 0 aliphatic heterocycles. The second-order valence-corrected chi connectivity index (χ2v) is 6.29. The van der Waals surface area contributed by atoms with E-state index < -0.39 is 21.9 Å². The molecule has 0 aliphatic carbocycles. The summed E-state index contributed by atoms with van der Waals surface area (Å²) >= 11 is 0. The molecule has 0 amide bonds. The number of hydrogen-bond acceptors (Lipinski definition) is 3. The number of ether oxygens (including phenoxy) is 1. The van der Waals surface area contributed by atoms with Crippen LogP contribution in [0.5, 0.6) is 5.75 Å². The summed E-state index contributed by atoms with van der Waals surface area (Å²) in [7, 11) is -2.15. The molecule has 112 valence electrons. The number of sulfonamides is 1. The van der Waals surface area contributed by atoms with Gasteiger partial charge in [-0.3, -0.25) is 0 Å². The number of halogens is 1. The predicted octanol–water partition coefficient (Wildman–Crippen LogP) is 2.87. The van der Waals surface area contributed by atoms with Crippen molar-refractivity contribution in [1.82, 2.24) is 4.72 Å². The van der Waals surface area contributed by atoms with Crippen molar-refractivity contribution in [2.75, 3.05) is 7.11 Å². The third-order valence-corrected chi connectivity index (χ3v) is 4.61. The lowest BCUT2D eigenvalue weighted by Crippen LogP contribution is -2.26. The van der Waals surface area contributed by atoms with Crippen molar-refractivity contribution in [1.29, 1.82) is 0 Å². The largest absolute Gasteiger partial charge is 0.497 e. The summed E-state index contributed by atoms with van der Waals surface area (Å²) < 4.78 is 45.0. The van der Waals surface area contributed by atoms with Gasteiger partial charge in [0.2, 0.25) is 10.0 Å². The summed E-state index contributed by atoms with van der Waals surface area (Å²) in [5, 5.41) is 0. The number of benzene rings is 2. The van der Waals surface area contributed by atoms with Crippen molar-refractivity contribution >= 4 is 10.0 Å². The lowest BCUT2D eigenvalue weighted by Gasteiger charge is -2.15. The van der Waals surface area contributed by atoms with Gasteiger partial charge in [0.25, 0.3) is 0 Å². The van der Waals surface area contributed by atoms with E-state index in [1.54, 1.807) is 38.3 Å². The van der Waals surface area contributed by atoms with E-state index >= 15 is 0 Å². The van der Waals surface area contributed by atoms with Crippen molar-refractivity contribution in [2.45, 2.75) is 17.9 Å². The molecule has 0 aromatic heterocycles. The van der Waals surface area contributed by atoms with E-state index in [1.165, 1.54) is 12.1 Å². The molecule has 0 saturated heterocycles. The van der Waals surface area contributed by atoms with E-state index in [2.05, 4.69) is 4.72 Å². The lowest BCUT2D eigenvalue weighted by atomic mass is 10.1. The first-order chi connectivity index (χ1) is 9.92. The van der Waals surface area contributed by atoms with Gasteiger partial charge in [0.1, 0.15) is 11.6 Å². The van der Waals surface area contributed by atoms with E-state index in [9.17, 15) is 12.8 Å². The Kier molecular flexibility index (Phi) is 4.59. The molecule has 0 bridgehead atoms. The van der Waals surface area contributed by atoms with Crippen LogP contribution in [0.1, 0.15) is 18.5 Å². The molecule has 0 saturated carbocycles. The second kappa shape index (κ2) is 6.24. The van der Waals surface area contributed by atoms with Crippen LogP contribution in [0, 0.1) is 5.82 Å². The zero-order valence-electron chi connectivity index (χ0n) is 11.7. The quantitative estimate of drug-likeness (QED) is 0.924. The molecule has 0 radical (unpaired) electrons. The molecule has 0 fully saturated rings. The summed E-state index contributed by atoms with van der Waals surface area (Å²) in [6.45, 7) is 1.73. The highest BCUT2D eigenvalue weighted by molar-refractivity contribution is 7.89. The Bertz CT molecular complexity index is 714. The van der Waals surface area contributed by atoms with Crippen molar-refractivity contribution in [3.05, 3.63) is 59.9 Å². The molecule has 1 atom stereocenters. The van der Waals surface area contributed by atoms with Crippen molar-refractivity contribution in [2.24, 2.45) is 0 Å². The van der Waals surface area contributed by atoms with Gasteiger partial charge in [-0.2, -0.15) is 0 Å². The minimum atomic E-state index is -3.70. The summed E-state index contributed by atoms with van der Waals surface area (Å²) in [5.74, 6) is 0.176. The first-order valence-corrected chi connectivity index (χ1v) is 7.82. The van der Waals surface area contributed by atoms with Crippen LogP contribution < -0.4 is 9.46 Å². The van der Waals surface area contributed by atoms with E-state index in [-0.39, 0.29) is 4.90 Å². The van der Waals surface area contributed by atoms with Gasteiger partial charge in [-0.1, -0.05) is 12.1 Å². The van der Waals surface area contributed by atoms with E-state index in [1.807, 2.05) is 0 Å². The first kappa shape index (κ1) is 15.5. The van der Waals surface area contributed by atoms with Gasteiger partial charge in [-0.05, 0) is 48.9 Å². The second-order valence-electron chi connectivity index (χ2n) is 4.57. The smallest absolute Gasteiger partial charge is 0.241 e. The van der Waals surface area contributed by atoms with Crippen molar-refractivity contribution in [3.63, 3.8) is 0 Å². The molecule has 6 heteroatoms. The Labute approximate surface area is 123 Å². The van der Waals surface area contributed by atoms with Gasteiger partial charge in [0.15, 0.2) is 0 Å². The van der Waals surface area contributed by atoms with Crippen LogP contribution in [0.15, 0.2) is 53.4 Å². The highest BCUT2D eigenvalue weighted by Gasteiger charge is 2.18. The topological polar surface area (TPSA) is 55.4 Å². The predicted molar refractivity (Wildman–Crippen MR) is 78.1 cm³/mol. The molecule has 2 rings (SSSR count). The summed E-state index contributed by atoms with van der Waals surface area (Å²) in [4.78, 5) is 0.0265. The Hall–Kier alpha value is -1.92. The van der Waals surface area contributed by atoms with Crippen LogP contribution in [-0.4, -0.2) is 15.5 Å². The monoisotopic (exact) mass is 309 g/mol. The van der Waals surface area contributed by atoms with Gasteiger partial charge in [-0.15, -0.1) is 0 Å². The standard InChI is InChI=1S/C15H16FNO3S/c1-11(12-4-3-5-14(10-12)20-2)17-21(18,19)15-8-6-13(16)7-9-15/h3-11,17H,1-2H3. The van der Waals surface area contributed by atoms with Gasteiger partial charge in [-0.25, -0.2) is 17.5 Å². The SMILES string of the molecule is COc1cccc(C(C)NS(=O)(=O)c2ccc(F)cc2)c1. The van der Waals surface area contributed by atoms with Crippen LogP contribution in [0.4, 0.5) is 4.39 Å². The highest BCUT2D eigenvalue weighted by atomic mass is 32.2. The minimum absolute atomic E-state index is 0.0265. The average molecular weight is 309 g/mol. The molecule has 2 aromatic rings. The molecule has 1 unspecified atom stereocenters. The Morgan fingerprint density at radius 1 is 1.14 bits per heavy atom. The molecule has 0 heterocycles. The number of nitrogens with one attached hydrogen (secondary N) is 1. The van der Waals surface area contributed by atoms with Crippen LogP contribution in [0.2, 0.25) is 0 Å². The molecular weight excluding hydrogens is 293 g/mol. The third-order valence-electron chi connectivity index (χ3n) is 3.05. The van der Waals surface area contributed by atoms with E-state index in [4.69, 9.17) is 4.74 Å². The van der Waals surface area contributed by atoms with Crippen molar-refractivity contribution < 1.29 is 17.5 Å². The van der Waals surface area contributed by atoms with Crippen molar-refractivity contribution in [3.8, 4) is 5.75 Å². The maximum absolute atomic E-state index is 12.9. The zero-order valence-corrected chi connectivity index (χ0v) is 12.5. The normalized spacial score (nSPS) is 12.9. The molecular formula is C15H16FNO3S. The molecule has 1 N–H and O–H groups in total. The summed E-state index contributed by atoms with van der Waals surface area (Å²) in [5.41, 5.74) is 0.778. The molecule has 21 heavy (non-hydrogen) atoms. The van der Waals surface area contributed by atoms with Gasteiger partial charge >= 0.3 is 0 Å². The Morgan fingerprint density at radius 2 is 1.81 bits per heavy atom. The minimum Gasteiger partial charge on any atom is -0.497 e. The van der Waals surface area contributed by atoms with Gasteiger partial charge in [0.05, 0.1) is 12.0 Å². The molecule has 0 spiro atoms. The molecule has 0 aliphatic rings. The fourth-order valence-corrected chi connectivity index (χ4v) is 3.13. The maximum Gasteiger partial charge on any atom is 0.241 e. The maximum atomic E-state index is 12.9. The van der Waals surface area contributed by atoms with Gasteiger partial charge in [0, 0.05) is 6.04 Å². The average Bonchev–Trinajstić information content (AvgIpc) is 2.47. The van der Waals surface area contributed by atoms with Crippen LogP contribution in [0.25, 0.3) is 0 Å². The lowest BCUT2D eigenvalue weighted by molar-refractivity contribution is 0.413. The number of methoxy groups -OCH3 is 1. The fraction of sp³-hybridized carbons (Fsp3) is 0.200. The van der Waals surface area contributed by atoms with Crippen LogP contribution in [-0.2, 0) is 10.0 Å².